The standard InChI is InChI=1S/C9H13NOS/c11-9(5-10-8-1-2-8)7-3-4-12-6-7/h3-4,6,8-11H,1-2,5H2. The van der Waals surface area contributed by atoms with Gasteiger partial charge in [-0.15, -0.1) is 0 Å². The minimum Gasteiger partial charge on any atom is -0.387 e. The van der Waals surface area contributed by atoms with Gasteiger partial charge in [-0.25, -0.2) is 0 Å². The van der Waals surface area contributed by atoms with Gasteiger partial charge >= 0.3 is 0 Å². The number of aliphatic hydroxyl groups excluding tert-OH is 1. The Labute approximate surface area is 76.2 Å². The summed E-state index contributed by atoms with van der Waals surface area (Å²) in [4.78, 5) is 0. The van der Waals surface area contributed by atoms with Crippen LogP contribution in [-0.2, 0) is 0 Å². The fourth-order valence-corrected chi connectivity index (χ4v) is 1.86. The average molecular weight is 183 g/mol. The van der Waals surface area contributed by atoms with Crippen molar-refractivity contribution in [3.8, 4) is 0 Å². The van der Waals surface area contributed by atoms with Gasteiger partial charge in [-0.2, -0.15) is 11.3 Å². The van der Waals surface area contributed by atoms with Crippen LogP contribution in [0.25, 0.3) is 0 Å². The fourth-order valence-electron chi connectivity index (χ4n) is 1.15. The van der Waals surface area contributed by atoms with Crippen LogP contribution in [0.3, 0.4) is 0 Å². The van der Waals surface area contributed by atoms with Crippen molar-refractivity contribution in [2.45, 2.75) is 25.0 Å². The van der Waals surface area contributed by atoms with Crippen LogP contribution >= 0.6 is 11.3 Å². The molecule has 1 saturated carbocycles. The van der Waals surface area contributed by atoms with Crippen molar-refractivity contribution in [2.24, 2.45) is 0 Å². The third-order valence-corrected chi connectivity index (χ3v) is 2.81. The summed E-state index contributed by atoms with van der Waals surface area (Å²) in [5.74, 6) is 0. The zero-order valence-electron chi connectivity index (χ0n) is 6.86. The van der Waals surface area contributed by atoms with Crippen LogP contribution in [0.1, 0.15) is 24.5 Å². The number of rotatable bonds is 4. The van der Waals surface area contributed by atoms with Crippen LogP contribution in [-0.4, -0.2) is 17.7 Å². The van der Waals surface area contributed by atoms with E-state index in [9.17, 15) is 5.11 Å². The summed E-state index contributed by atoms with van der Waals surface area (Å²) < 4.78 is 0. The Balaban J connectivity index is 1.79. The lowest BCUT2D eigenvalue weighted by Gasteiger charge is -2.08. The second-order valence-corrected chi connectivity index (χ2v) is 4.04. The molecule has 0 radical (unpaired) electrons. The van der Waals surface area contributed by atoms with E-state index in [2.05, 4.69) is 5.32 Å². The number of nitrogens with one attached hydrogen (secondary N) is 1. The lowest BCUT2D eigenvalue weighted by molar-refractivity contribution is 0.174. The predicted molar refractivity (Wildman–Crippen MR) is 50.3 cm³/mol. The smallest absolute Gasteiger partial charge is 0.0922 e. The van der Waals surface area contributed by atoms with Crippen LogP contribution in [0.15, 0.2) is 16.8 Å². The Morgan fingerprint density at radius 2 is 2.50 bits per heavy atom. The minimum absolute atomic E-state index is 0.322. The third-order valence-electron chi connectivity index (χ3n) is 2.11. The summed E-state index contributed by atoms with van der Waals surface area (Å²) in [7, 11) is 0. The van der Waals surface area contributed by atoms with E-state index < -0.39 is 0 Å². The molecule has 3 heteroatoms. The molecule has 0 spiro atoms. The van der Waals surface area contributed by atoms with Crippen molar-refractivity contribution in [1.29, 1.82) is 0 Å². The summed E-state index contributed by atoms with van der Waals surface area (Å²) in [6, 6.07) is 2.66. The van der Waals surface area contributed by atoms with Crippen LogP contribution < -0.4 is 5.32 Å². The number of hydrogen-bond donors (Lipinski definition) is 2. The van der Waals surface area contributed by atoms with E-state index in [4.69, 9.17) is 0 Å². The van der Waals surface area contributed by atoms with Crippen molar-refractivity contribution < 1.29 is 5.11 Å². The van der Waals surface area contributed by atoms with Gasteiger partial charge in [0.1, 0.15) is 0 Å². The second-order valence-electron chi connectivity index (χ2n) is 3.26. The minimum atomic E-state index is -0.322. The van der Waals surface area contributed by atoms with Gasteiger partial charge in [0.05, 0.1) is 6.10 Å². The normalized spacial score (nSPS) is 19.4. The van der Waals surface area contributed by atoms with E-state index in [0.29, 0.717) is 12.6 Å². The Bertz CT molecular complexity index is 231. The molecule has 1 atom stereocenters. The lowest BCUT2D eigenvalue weighted by atomic mass is 10.2. The summed E-state index contributed by atoms with van der Waals surface area (Å²) in [5, 5.41) is 16.9. The number of thiophene rings is 1. The Hall–Kier alpha value is -0.380. The van der Waals surface area contributed by atoms with E-state index in [-0.39, 0.29) is 6.10 Å². The maximum absolute atomic E-state index is 9.63. The molecule has 2 N–H and O–H groups in total. The maximum atomic E-state index is 9.63. The van der Waals surface area contributed by atoms with Crippen LogP contribution in [0, 0.1) is 0 Å². The first kappa shape index (κ1) is 8.23. The highest BCUT2D eigenvalue weighted by Crippen LogP contribution is 2.21. The first-order valence-electron chi connectivity index (χ1n) is 4.30. The molecule has 1 aliphatic rings. The van der Waals surface area contributed by atoms with E-state index in [1.807, 2.05) is 16.8 Å². The molecule has 2 rings (SSSR count). The monoisotopic (exact) mass is 183 g/mol. The molecule has 0 aromatic carbocycles. The molecule has 66 valence electrons. The van der Waals surface area contributed by atoms with E-state index in [1.165, 1.54) is 12.8 Å². The maximum Gasteiger partial charge on any atom is 0.0922 e. The third kappa shape index (κ3) is 2.06. The summed E-state index contributed by atoms with van der Waals surface area (Å²) >= 11 is 1.63. The van der Waals surface area contributed by atoms with Gasteiger partial charge in [0, 0.05) is 12.6 Å². The Morgan fingerprint density at radius 3 is 3.08 bits per heavy atom. The van der Waals surface area contributed by atoms with Gasteiger partial charge in [0.15, 0.2) is 0 Å². The second kappa shape index (κ2) is 3.56. The summed E-state index contributed by atoms with van der Waals surface area (Å²) in [6.07, 6.45) is 2.23. The number of hydrogen-bond acceptors (Lipinski definition) is 3. The van der Waals surface area contributed by atoms with E-state index in [1.54, 1.807) is 11.3 Å². The SMILES string of the molecule is OC(CNC1CC1)c1ccsc1. The molecule has 2 nitrogen and oxygen atoms in total. The summed E-state index contributed by atoms with van der Waals surface area (Å²) in [6.45, 7) is 0.696. The molecular weight excluding hydrogens is 170 g/mol. The predicted octanol–water partition coefficient (Wildman–Crippen LogP) is 1.53. The summed E-state index contributed by atoms with van der Waals surface area (Å²) in [5.41, 5.74) is 1.04. The molecule has 1 heterocycles. The molecule has 1 fully saturated rings. The molecule has 0 aliphatic heterocycles. The van der Waals surface area contributed by atoms with Crippen LogP contribution in [0.2, 0.25) is 0 Å². The lowest BCUT2D eigenvalue weighted by Crippen LogP contribution is -2.22. The van der Waals surface area contributed by atoms with Crippen molar-refractivity contribution in [2.75, 3.05) is 6.54 Å². The van der Waals surface area contributed by atoms with Crippen LogP contribution in [0.5, 0.6) is 0 Å². The highest BCUT2D eigenvalue weighted by Gasteiger charge is 2.21. The molecule has 1 unspecified atom stereocenters. The highest BCUT2D eigenvalue weighted by molar-refractivity contribution is 7.07. The van der Waals surface area contributed by atoms with Gasteiger partial charge in [0.2, 0.25) is 0 Å². The van der Waals surface area contributed by atoms with Crippen molar-refractivity contribution >= 4 is 11.3 Å². The van der Waals surface area contributed by atoms with Gasteiger partial charge in [-0.1, -0.05) is 0 Å². The highest BCUT2D eigenvalue weighted by atomic mass is 32.1. The number of aliphatic hydroxyl groups is 1. The largest absolute Gasteiger partial charge is 0.387 e. The molecular formula is C9H13NOS. The topological polar surface area (TPSA) is 32.3 Å². The Kier molecular flexibility index (Phi) is 2.44. The zero-order chi connectivity index (χ0) is 8.39. The molecule has 12 heavy (non-hydrogen) atoms. The zero-order valence-corrected chi connectivity index (χ0v) is 7.68. The first-order valence-corrected chi connectivity index (χ1v) is 5.24. The Morgan fingerprint density at radius 1 is 1.67 bits per heavy atom. The van der Waals surface area contributed by atoms with E-state index in [0.717, 1.165) is 5.56 Å². The van der Waals surface area contributed by atoms with Gasteiger partial charge in [0.25, 0.3) is 0 Å². The fraction of sp³-hybridized carbons (Fsp3) is 0.556. The average Bonchev–Trinajstić information content (AvgIpc) is 2.74. The van der Waals surface area contributed by atoms with Gasteiger partial charge in [-0.05, 0) is 35.2 Å². The molecule has 0 bridgehead atoms. The van der Waals surface area contributed by atoms with Gasteiger partial charge in [-0.3, -0.25) is 0 Å². The molecule has 1 aliphatic carbocycles. The first-order chi connectivity index (χ1) is 5.86. The molecule has 0 saturated heterocycles. The molecule has 1 aromatic heterocycles. The quantitative estimate of drug-likeness (QED) is 0.742. The van der Waals surface area contributed by atoms with Crippen molar-refractivity contribution in [3.63, 3.8) is 0 Å². The molecule has 0 amide bonds. The van der Waals surface area contributed by atoms with E-state index >= 15 is 0 Å². The van der Waals surface area contributed by atoms with Crippen molar-refractivity contribution in [1.82, 2.24) is 5.32 Å². The van der Waals surface area contributed by atoms with Crippen molar-refractivity contribution in [3.05, 3.63) is 22.4 Å². The van der Waals surface area contributed by atoms with Gasteiger partial charge < -0.3 is 10.4 Å². The molecule has 1 aromatic rings. The van der Waals surface area contributed by atoms with Crippen LogP contribution in [0.4, 0.5) is 0 Å².